The topological polar surface area (TPSA) is 69.2 Å². The Balaban J connectivity index is 0.000000671. The van der Waals surface area contributed by atoms with Crippen molar-refractivity contribution in [2.75, 3.05) is 5.73 Å². The minimum Gasteiger partial charge on any atom is -0.393 e. The second-order valence-electron chi connectivity index (χ2n) is 2.00. The molecule has 4 nitrogen and oxygen atoms in total. The van der Waals surface area contributed by atoms with Crippen LogP contribution in [0.4, 0.5) is 11.4 Å². The number of nitro groups is 1. The Bertz CT molecular complexity index is 302. The van der Waals surface area contributed by atoms with Crippen LogP contribution in [0, 0.1) is 10.1 Å². The molecule has 0 heterocycles. The number of hydrogen-bond donors (Lipinski definition) is 2. The molecule has 0 amide bonds. The van der Waals surface area contributed by atoms with Crippen molar-refractivity contribution in [3.05, 3.63) is 28.3 Å². The van der Waals surface area contributed by atoms with Crippen molar-refractivity contribution in [1.82, 2.24) is 0 Å². The van der Waals surface area contributed by atoms with Gasteiger partial charge in [0.2, 0.25) is 0 Å². The highest BCUT2D eigenvalue weighted by Crippen LogP contribution is 2.23. The molecule has 5 heteroatoms. The molecular weight excluding hydrogens is 188 g/mol. The summed E-state index contributed by atoms with van der Waals surface area (Å²) in [5, 5.41) is 10.3. The fourth-order valence-corrected chi connectivity index (χ4v) is 0.887. The fraction of sp³-hybridized carbons (Fsp3) is 0.250. The Morgan fingerprint density at radius 2 is 2.00 bits per heavy atom. The van der Waals surface area contributed by atoms with Gasteiger partial charge in [0.1, 0.15) is 5.69 Å². The van der Waals surface area contributed by atoms with Gasteiger partial charge in [-0.15, -0.1) is 12.6 Å². The zero-order valence-electron chi connectivity index (χ0n) is 7.52. The predicted molar refractivity (Wildman–Crippen MR) is 56.1 cm³/mol. The molecule has 0 saturated heterocycles. The van der Waals surface area contributed by atoms with Gasteiger partial charge in [0, 0.05) is 11.0 Å². The molecule has 1 aromatic carbocycles. The molecule has 0 aliphatic rings. The van der Waals surface area contributed by atoms with Gasteiger partial charge in [0.15, 0.2) is 0 Å². The van der Waals surface area contributed by atoms with Crippen molar-refractivity contribution in [2.24, 2.45) is 0 Å². The molecule has 0 aliphatic heterocycles. The van der Waals surface area contributed by atoms with Crippen LogP contribution < -0.4 is 5.73 Å². The Hall–Kier alpha value is -1.23. The Morgan fingerprint density at radius 1 is 1.46 bits per heavy atom. The molecule has 1 rings (SSSR count). The molecule has 0 atom stereocenters. The highest BCUT2D eigenvalue weighted by atomic mass is 32.1. The number of benzene rings is 1. The number of nitrogen functional groups attached to an aromatic ring is 1. The highest BCUT2D eigenvalue weighted by molar-refractivity contribution is 7.80. The van der Waals surface area contributed by atoms with Crippen LogP contribution in [-0.4, -0.2) is 4.92 Å². The lowest BCUT2D eigenvalue weighted by atomic mass is 10.3. The lowest BCUT2D eigenvalue weighted by Gasteiger charge is -1.96. The maximum atomic E-state index is 10.3. The van der Waals surface area contributed by atoms with Crippen LogP contribution in [0.5, 0.6) is 0 Å². The normalized spacial score (nSPS) is 8.54. The molecule has 0 aromatic heterocycles. The largest absolute Gasteiger partial charge is 0.393 e. The van der Waals surface area contributed by atoms with Gasteiger partial charge in [-0.3, -0.25) is 10.1 Å². The summed E-state index contributed by atoms with van der Waals surface area (Å²) in [6, 6.07) is 4.38. The molecule has 13 heavy (non-hydrogen) atoms. The first-order chi connectivity index (χ1) is 6.11. The first kappa shape index (κ1) is 11.8. The number of hydrogen-bond acceptors (Lipinski definition) is 4. The van der Waals surface area contributed by atoms with Crippen molar-refractivity contribution in [1.29, 1.82) is 0 Å². The summed E-state index contributed by atoms with van der Waals surface area (Å²) in [6.07, 6.45) is 0. The summed E-state index contributed by atoms with van der Waals surface area (Å²) < 4.78 is 0. The maximum absolute atomic E-state index is 10.3. The Morgan fingerprint density at radius 3 is 2.38 bits per heavy atom. The van der Waals surface area contributed by atoms with Crippen molar-refractivity contribution >= 4 is 24.0 Å². The van der Waals surface area contributed by atoms with E-state index in [2.05, 4.69) is 12.6 Å². The number of rotatable bonds is 1. The average Bonchev–Trinajstić information content (AvgIpc) is 2.12. The summed E-state index contributed by atoms with van der Waals surface area (Å²) >= 11 is 3.94. The highest BCUT2D eigenvalue weighted by Gasteiger charge is 2.09. The summed E-state index contributed by atoms with van der Waals surface area (Å²) in [4.78, 5) is 10.3. The third kappa shape index (κ3) is 3.33. The quantitative estimate of drug-likeness (QED) is 0.317. The molecule has 0 fully saturated rings. The van der Waals surface area contributed by atoms with Gasteiger partial charge in [-0.25, -0.2) is 0 Å². The summed E-state index contributed by atoms with van der Waals surface area (Å²) in [7, 11) is 0. The third-order valence-electron chi connectivity index (χ3n) is 1.21. The van der Waals surface area contributed by atoms with Crippen LogP contribution in [0.3, 0.4) is 0 Å². The first-order valence-corrected chi connectivity index (χ1v) is 4.29. The van der Waals surface area contributed by atoms with E-state index in [9.17, 15) is 10.1 Å². The van der Waals surface area contributed by atoms with E-state index in [1.807, 2.05) is 13.8 Å². The van der Waals surface area contributed by atoms with Crippen LogP contribution in [0.15, 0.2) is 23.1 Å². The van der Waals surface area contributed by atoms with Crippen LogP contribution in [-0.2, 0) is 0 Å². The molecule has 1 aromatic rings. The van der Waals surface area contributed by atoms with Crippen molar-refractivity contribution in [2.45, 2.75) is 18.7 Å². The maximum Gasteiger partial charge on any atom is 0.293 e. The van der Waals surface area contributed by atoms with Gasteiger partial charge in [0.05, 0.1) is 4.92 Å². The van der Waals surface area contributed by atoms with E-state index < -0.39 is 4.92 Å². The molecule has 2 N–H and O–H groups in total. The smallest absolute Gasteiger partial charge is 0.293 e. The second kappa shape index (κ2) is 5.42. The Labute approximate surface area is 82.3 Å². The molecule has 0 radical (unpaired) electrons. The first-order valence-electron chi connectivity index (χ1n) is 3.84. The second-order valence-corrected chi connectivity index (χ2v) is 2.52. The minimum atomic E-state index is -0.533. The van der Waals surface area contributed by atoms with Gasteiger partial charge in [0.25, 0.3) is 5.69 Å². The van der Waals surface area contributed by atoms with E-state index >= 15 is 0 Å². The van der Waals surface area contributed by atoms with Crippen molar-refractivity contribution in [3.63, 3.8) is 0 Å². The van der Waals surface area contributed by atoms with Crippen LogP contribution in [0.2, 0.25) is 0 Å². The van der Waals surface area contributed by atoms with Crippen LogP contribution in [0.1, 0.15) is 13.8 Å². The molecule has 0 spiro atoms. The standard InChI is InChI=1S/C6H6N2O2S.C2H6/c7-5-2-1-4(11)3-6(5)8(9)10;1-2/h1-3,11H,7H2;1-2H3. The number of thiol groups is 1. The summed E-state index contributed by atoms with van der Waals surface area (Å²) in [5.41, 5.74) is 5.38. The van der Waals surface area contributed by atoms with E-state index in [1.165, 1.54) is 12.1 Å². The van der Waals surface area contributed by atoms with Gasteiger partial charge in [-0.2, -0.15) is 0 Å². The molecular formula is C8H12N2O2S. The zero-order chi connectivity index (χ0) is 10.4. The van der Waals surface area contributed by atoms with Crippen LogP contribution in [0.25, 0.3) is 0 Å². The minimum absolute atomic E-state index is 0.0995. The number of nitrogens with two attached hydrogens (primary N) is 1. The van der Waals surface area contributed by atoms with E-state index in [4.69, 9.17) is 5.73 Å². The molecule has 72 valence electrons. The fourth-order valence-electron chi connectivity index (χ4n) is 0.690. The van der Waals surface area contributed by atoms with Gasteiger partial charge < -0.3 is 5.73 Å². The molecule has 0 bridgehead atoms. The van der Waals surface area contributed by atoms with Gasteiger partial charge in [-0.05, 0) is 12.1 Å². The van der Waals surface area contributed by atoms with E-state index in [1.54, 1.807) is 6.07 Å². The molecule has 0 unspecified atom stereocenters. The van der Waals surface area contributed by atoms with Crippen LogP contribution >= 0.6 is 12.6 Å². The monoisotopic (exact) mass is 200 g/mol. The van der Waals surface area contributed by atoms with Crippen molar-refractivity contribution < 1.29 is 4.92 Å². The van der Waals surface area contributed by atoms with E-state index in [0.717, 1.165) is 0 Å². The molecule has 0 saturated carbocycles. The summed E-state index contributed by atoms with van der Waals surface area (Å²) in [5.74, 6) is 0. The number of nitrogens with zero attached hydrogens (tertiary/aromatic N) is 1. The number of nitro benzene ring substituents is 1. The van der Waals surface area contributed by atoms with Gasteiger partial charge in [-0.1, -0.05) is 13.8 Å². The zero-order valence-corrected chi connectivity index (χ0v) is 8.41. The lowest BCUT2D eigenvalue weighted by Crippen LogP contribution is -1.94. The van der Waals surface area contributed by atoms with Gasteiger partial charge >= 0.3 is 0 Å². The third-order valence-corrected chi connectivity index (χ3v) is 1.49. The molecule has 0 aliphatic carbocycles. The van der Waals surface area contributed by atoms with E-state index in [0.29, 0.717) is 4.90 Å². The average molecular weight is 200 g/mol. The number of anilines is 1. The van der Waals surface area contributed by atoms with E-state index in [-0.39, 0.29) is 11.4 Å². The Kier molecular flexibility index (Phi) is 4.91. The lowest BCUT2D eigenvalue weighted by molar-refractivity contribution is -0.384. The SMILES string of the molecule is CC.Nc1ccc(S)cc1[N+](=O)[O-]. The predicted octanol–water partition coefficient (Wildman–Crippen LogP) is 2.49. The summed E-state index contributed by atoms with van der Waals surface area (Å²) in [6.45, 7) is 4.00. The van der Waals surface area contributed by atoms with Crippen molar-refractivity contribution in [3.8, 4) is 0 Å².